The van der Waals surface area contributed by atoms with Crippen LogP contribution in [0.1, 0.15) is 63.7 Å². The SMILES string of the molecule is O=C(N/N=C/c1ccccc1Oc1ccc2c(c1)-c1nc-2nc2[nH]c(nc3nc(nc4[nH]c(n1)c1ccc(Oc5ccccc5/C=N/NC(=O)c5ccccc5O)cc41)-c1ccc(Oc4ccccc4/C=N/NC(=O)c4ccccc4O)cc1-3)c1ccc(Oc3ccccc3/C=N/NC(=O)c3ccccc3O)cc21)c1ccccc1O. The van der Waals surface area contributed by atoms with Gasteiger partial charge in [0.15, 0.2) is 23.3 Å². The summed E-state index contributed by atoms with van der Waals surface area (Å²) in [6, 6.07) is 74.2. The molecule has 116 heavy (non-hydrogen) atoms. The van der Waals surface area contributed by atoms with Crippen LogP contribution in [0.5, 0.6) is 69.0 Å². The number of hydrazone groups is 4. The third-order valence-electron chi connectivity index (χ3n) is 18.4. The number of H-pyrrole nitrogens is 2. The summed E-state index contributed by atoms with van der Waals surface area (Å²) in [7, 11) is 0. The second kappa shape index (κ2) is 31.5. The second-order valence-corrected chi connectivity index (χ2v) is 25.9. The van der Waals surface area contributed by atoms with E-state index in [2.05, 4.69) is 52.1 Å². The number of aromatic hydroxyl groups is 4. The maximum absolute atomic E-state index is 13.1. The number of rotatable bonds is 20. The van der Waals surface area contributed by atoms with Crippen LogP contribution < -0.4 is 40.7 Å². The monoisotopic (exact) mass is 1530 g/mol. The van der Waals surface area contributed by atoms with E-state index in [0.717, 1.165) is 0 Å². The van der Waals surface area contributed by atoms with Crippen LogP contribution in [0, 0.1) is 0 Å². The Morgan fingerprint density at radius 3 is 0.828 bits per heavy atom. The fourth-order valence-corrected chi connectivity index (χ4v) is 12.7. The van der Waals surface area contributed by atoms with E-state index in [1.54, 1.807) is 194 Å². The Bertz CT molecular complexity index is 6420. The predicted molar refractivity (Wildman–Crippen MR) is 435 cm³/mol. The van der Waals surface area contributed by atoms with Crippen LogP contribution in [0.15, 0.2) is 287 Å². The van der Waals surface area contributed by atoms with Gasteiger partial charge in [0.1, 0.15) is 91.6 Å². The standard InChI is InChI=1S/C88H58N16O12/c105-69-25-9-5-21-61(69)85(109)101-89-45-49-17-1-13-29-73(49)113-53-33-37-57-65(41-53)81-93-77(57)98-82-67-43-55(115-75-31-15-3-19-51(75)47-91-103-87(111)63-23-7-11-27-71(63)107)35-39-59(67)79(95-82)100-84-68-44-56(116-76-32-16-4-20-52(76)48-92-104-88(112)64-24-8-12-28-72(64)108)36-40-60(68)80(96-84)99-83-66-42-54(34-38-58(66)78(94-83)97-81)114-74-30-14-2-18-50(74)46-90-102-86(110)62-22-6-10-26-70(62)106/h1-48,105-108H,(H,101,109)(H,102,110)(H,103,111)(H,104,112)(H2,93,94,95,96,97,98,99,100)/b89-45+,90-46+,91-47+,92-48+. The van der Waals surface area contributed by atoms with Crippen molar-refractivity contribution in [1.29, 1.82) is 0 Å². The van der Waals surface area contributed by atoms with Crippen LogP contribution in [0.3, 0.4) is 0 Å². The molecule has 0 saturated carbocycles. The van der Waals surface area contributed by atoms with Crippen LogP contribution in [0.25, 0.3) is 89.7 Å². The predicted octanol–water partition coefficient (Wildman–Crippen LogP) is 15.9. The van der Waals surface area contributed by atoms with Crippen molar-refractivity contribution in [3.05, 3.63) is 311 Å². The number of aromatic amines is 2. The Balaban J connectivity index is 0.807. The molecule has 0 saturated heterocycles. The first-order valence-electron chi connectivity index (χ1n) is 35.7. The quantitative estimate of drug-likeness (QED) is 0.0250. The number of ether oxygens (including phenoxy) is 4. The lowest BCUT2D eigenvalue weighted by atomic mass is 10.1. The fraction of sp³-hybridized carbons (Fsp3) is 0. The van der Waals surface area contributed by atoms with E-state index in [1.165, 1.54) is 73.4 Å². The van der Waals surface area contributed by atoms with Crippen LogP contribution in [-0.2, 0) is 0 Å². The lowest BCUT2D eigenvalue weighted by molar-refractivity contribution is 0.0944. The number of phenolic OH excluding ortho intramolecular Hbond substituents is 4. The number of para-hydroxylation sites is 8. The van der Waals surface area contributed by atoms with Gasteiger partial charge in [-0.1, -0.05) is 97.1 Å². The molecule has 0 fully saturated rings. The molecule has 2 aliphatic heterocycles. The Kier molecular flexibility index (Phi) is 19.5. The zero-order valence-corrected chi connectivity index (χ0v) is 60.2. The number of carbonyl (C=O) groups excluding carboxylic acids is 4. The van der Waals surface area contributed by atoms with Gasteiger partial charge < -0.3 is 49.3 Å². The third-order valence-corrected chi connectivity index (χ3v) is 18.4. The summed E-state index contributed by atoms with van der Waals surface area (Å²) in [5.41, 5.74) is 15.3. The second-order valence-electron chi connectivity index (χ2n) is 25.9. The van der Waals surface area contributed by atoms with Gasteiger partial charge in [0.2, 0.25) is 0 Å². The molecule has 2 aliphatic rings. The molecule has 28 nitrogen and oxygen atoms in total. The molecule has 0 radical (unpaired) electrons. The first-order chi connectivity index (χ1) is 56.7. The summed E-state index contributed by atoms with van der Waals surface area (Å²) >= 11 is 0. The molecule has 8 bridgehead atoms. The molecule has 0 unspecified atom stereocenters. The number of nitrogens with zero attached hydrogens (tertiary/aromatic N) is 10. The summed E-state index contributed by atoms with van der Waals surface area (Å²) in [6.07, 6.45) is 5.71. The largest absolute Gasteiger partial charge is 0.507 e. The van der Waals surface area contributed by atoms with E-state index in [4.69, 9.17) is 48.9 Å². The first-order valence-corrected chi connectivity index (χ1v) is 35.7. The molecule has 28 heteroatoms. The third kappa shape index (κ3) is 15.1. The molecule has 0 spiro atoms. The minimum atomic E-state index is -0.624. The fourth-order valence-electron chi connectivity index (χ4n) is 12.7. The highest BCUT2D eigenvalue weighted by molar-refractivity contribution is 6.08. The van der Waals surface area contributed by atoms with Gasteiger partial charge in [-0.05, 0) is 170 Å². The van der Waals surface area contributed by atoms with Crippen molar-refractivity contribution in [2.75, 3.05) is 0 Å². The van der Waals surface area contributed by atoms with Crippen molar-refractivity contribution in [3.8, 4) is 115 Å². The highest BCUT2D eigenvalue weighted by Crippen LogP contribution is 2.43. The van der Waals surface area contributed by atoms with E-state index in [1.807, 2.05) is 24.3 Å². The molecule has 5 heterocycles. The van der Waals surface area contributed by atoms with Gasteiger partial charge in [-0.25, -0.2) is 51.6 Å². The summed E-state index contributed by atoms with van der Waals surface area (Å²) in [5, 5.41) is 60.4. The van der Waals surface area contributed by atoms with E-state index in [0.29, 0.717) is 123 Å². The highest BCUT2D eigenvalue weighted by atomic mass is 16.5. The van der Waals surface area contributed by atoms with E-state index in [-0.39, 0.29) is 79.8 Å². The summed E-state index contributed by atoms with van der Waals surface area (Å²) in [4.78, 5) is 91.0. The van der Waals surface area contributed by atoms with Crippen molar-refractivity contribution in [2.45, 2.75) is 0 Å². The molecule has 0 atom stereocenters. The number of carbonyl (C=O) groups is 4. The highest BCUT2D eigenvalue weighted by Gasteiger charge is 2.26. The maximum Gasteiger partial charge on any atom is 0.275 e. The van der Waals surface area contributed by atoms with Crippen LogP contribution in [0.2, 0.25) is 0 Å². The minimum absolute atomic E-state index is 0.0391. The number of hydrogen-bond acceptors (Lipinski definition) is 22. The molecular formula is C88H58N16O12. The van der Waals surface area contributed by atoms with E-state index in [9.17, 15) is 39.6 Å². The normalized spacial score (nSPS) is 11.6. The van der Waals surface area contributed by atoms with Gasteiger partial charge in [0.05, 0.1) is 47.1 Å². The molecule has 17 rings (SSSR count). The Hall–Kier alpha value is -17.0. The van der Waals surface area contributed by atoms with Crippen LogP contribution in [0.4, 0.5) is 0 Å². The minimum Gasteiger partial charge on any atom is -0.507 e. The van der Waals surface area contributed by atoms with E-state index < -0.39 is 23.6 Å². The number of hydrogen-bond donors (Lipinski definition) is 10. The maximum atomic E-state index is 13.1. The number of benzene rings is 12. The number of phenols is 4. The molecule has 15 aromatic rings. The van der Waals surface area contributed by atoms with Crippen molar-refractivity contribution < 1.29 is 58.6 Å². The zero-order chi connectivity index (χ0) is 79.2. The number of fused-ring (bicyclic) bond motifs is 20. The first kappa shape index (κ1) is 71.9. The van der Waals surface area contributed by atoms with E-state index >= 15 is 0 Å². The topological polar surface area (TPSA) is 393 Å². The van der Waals surface area contributed by atoms with Crippen molar-refractivity contribution in [1.82, 2.24) is 61.6 Å². The van der Waals surface area contributed by atoms with Gasteiger partial charge in [0.25, 0.3) is 23.6 Å². The zero-order valence-electron chi connectivity index (χ0n) is 60.2. The molecule has 0 aliphatic carbocycles. The molecule has 3 aromatic heterocycles. The summed E-state index contributed by atoms with van der Waals surface area (Å²) < 4.78 is 26.6. The summed E-state index contributed by atoms with van der Waals surface area (Å²) in [5.74, 6) is 0.440. The summed E-state index contributed by atoms with van der Waals surface area (Å²) in [6.45, 7) is 0. The van der Waals surface area contributed by atoms with Gasteiger partial charge in [-0.3, -0.25) is 19.2 Å². The average molecular weight is 1530 g/mol. The molecule has 10 N–H and O–H groups in total. The van der Waals surface area contributed by atoms with Crippen LogP contribution in [-0.4, -0.2) is 109 Å². The van der Waals surface area contributed by atoms with Gasteiger partial charge in [0, 0.05) is 66.1 Å². The molecular weight excluding hydrogens is 1470 g/mol. The number of amides is 4. The lowest BCUT2D eigenvalue weighted by Crippen LogP contribution is -2.17. The van der Waals surface area contributed by atoms with Crippen molar-refractivity contribution >= 4 is 92.6 Å². The molecule has 562 valence electrons. The van der Waals surface area contributed by atoms with Crippen molar-refractivity contribution in [2.24, 2.45) is 20.4 Å². The van der Waals surface area contributed by atoms with Gasteiger partial charge in [-0.15, -0.1) is 0 Å². The van der Waals surface area contributed by atoms with Gasteiger partial charge in [-0.2, -0.15) is 20.4 Å². The van der Waals surface area contributed by atoms with Crippen LogP contribution >= 0.6 is 0 Å². The Morgan fingerprint density at radius 1 is 0.276 bits per heavy atom. The number of nitrogens with one attached hydrogen (secondary N) is 6. The Morgan fingerprint density at radius 2 is 0.526 bits per heavy atom. The average Bonchev–Trinajstić information content (AvgIpc) is 1.59. The molecule has 12 aromatic carbocycles. The van der Waals surface area contributed by atoms with Gasteiger partial charge >= 0.3 is 0 Å². The van der Waals surface area contributed by atoms with Crippen molar-refractivity contribution in [3.63, 3.8) is 0 Å². The Labute approximate surface area is 655 Å². The molecule has 4 amide bonds. The number of aromatic nitrogens is 8. The lowest BCUT2D eigenvalue weighted by Gasteiger charge is -2.10. The smallest absolute Gasteiger partial charge is 0.275 e.